The van der Waals surface area contributed by atoms with E-state index in [9.17, 15) is 0 Å². The molecule has 0 fully saturated rings. The second kappa shape index (κ2) is 3.50. The first kappa shape index (κ1) is 9.69. The zero-order chi connectivity index (χ0) is 11.8. The monoisotopic (exact) mass is 227 g/mol. The average molecular weight is 227 g/mol. The molecule has 0 bridgehead atoms. The number of benzene rings is 1. The molecule has 3 rings (SSSR count). The van der Waals surface area contributed by atoms with E-state index in [1.54, 1.807) is 0 Å². The number of aromatic nitrogens is 1. The van der Waals surface area contributed by atoms with Crippen LogP contribution in [0.1, 0.15) is 0 Å². The Morgan fingerprint density at radius 3 is 3.00 bits per heavy atom. The lowest BCUT2D eigenvalue weighted by Gasteiger charge is -2.13. The van der Waals surface area contributed by atoms with Crippen LogP contribution >= 0.6 is 0 Å². The third-order valence-corrected chi connectivity index (χ3v) is 2.57. The predicted molar refractivity (Wildman–Crippen MR) is 61.3 cm³/mol. The molecule has 0 radical (unpaired) electrons. The Morgan fingerprint density at radius 1 is 1.47 bits per heavy atom. The molecule has 6 heteroatoms. The van der Waals surface area contributed by atoms with Crippen LogP contribution in [0.3, 0.4) is 0 Å². The molecule has 3 N–H and O–H groups in total. The Kier molecular flexibility index (Phi) is 2.00. The van der Waals surface area contributed by atoms with E-state index in [-0.39, 0.29) is 0 Å². The minimum atomic E-state index is 0.332. The van der Waals surface area contributed by atoms with Crippen LogP contribution in [-0.4, -0.2) is 11.5 Å². The Morgan fingerprint density at radius 2 is 2.29 bits per heavy atom. The van der Waals surface area contributed by atoms with Gasteiger partial charge < -0.3 is 10.2 Å². The van der Waals surface area contributed by atoms with Crippen LogP contribution in [0.2, 0.25) is 0 Å². The van der Waals surface area contributed by atoms with Crippen molar-refractivity contribution in [1.29, 1.82) is 5.26 Å². The maximum Gasteiger partial charge on any atom is 0.319 e. The van der Waals surface area contributed by atoms with Gasteiger partial charge in [0.05, 0.1) is 18.2 Å². The van der Waals surface area contributed by atoms with Crippen LogP contribution in [0.15, 0.2) is 40.1 Å². The molecule has 1 aliphatic heterocycles. The lowest BCUT2D eigenvalue weighted by molar-refractivity contribution is 0.566. The number of para-hydroxylation sites is 2. The summed E-state index contributed by atoms with van der Waals surface area (Å²) in [4.78, 5) is 4.29. The van der Waals surface area contributed by atoms with Crippen molar-refractivity contribution in [1.82, 2.24) is 10.4 Å². The predicted octanol–water partition coefficient (Wildman–Crippen LogP) is 0.846. The minimum Gasteiger partial charge on any atom is -0.422 e. The van der Waals surface area contributed by atoms with Crippen molar-refractivity contribution in [3.8, 4) is 6.07 Å². The summed E-state index contributed by atoms with van der Waals surface area (Å²) in [6.45, 7) is 0.390. The molecule has 0 aliphatic carbocycles. The van der Waals surface area contributed by atoms with E-state index in [1.165, 1.54) is 5.01 Å². The highest BCUT2D eigenvalue weighted by Gasteiger charge is 2.24. The van der Waals surface area contributed by atoms with Gasteiger partial charge in [-0.25, -0.2) is 10.4 Å². The third-order valence-electron chi connectivity index (χ3n) is 2.57. The second-order valence-corrected chi connectivity index (χ2v) is 3.61. The van der Waals surface area contributed by atoms with Gasteiger partial charge in [-0.2, -0.15) is 10.2 Å². The number of nitrogens with one attached hydrogen (secondary N) is 1. The Hall–Kier alpha value is -2.52. The number of nitriles is 1. The topological polar surface area (TPSA) is 91.1 Å². The first-order chi connectivity index (χ1) is 8.29. The summed E-state index contributed by atoms with van der Waals surface area (Å²) < 4.78 is 5.54. The SMILES string of the molecule is N#CC1=C(N)N(c2nc3ccccc3o2)NC1. The van der Waals surface area contributed by atoms with E-state index in [2.05, 4.69) is 10.4 Å². The van der Waals surface area contributed by atoms with Crippen LogP contribution in [0.25, 0.3) is 11.1 Å². The number of fused-ring (bicyclic) bond motifs is 1. The molecule has 2 heterocycles. The van der Waals surface area contributed by atoms with Gasteiger partial charge in [0.2, 0.25) is 0 Å². The standard InChI is InChI=1S/C11H9N5O/c12-5-7-6-14-16(10(7)13)11-15-8-3-1-2-4-9(8)17-11/h1-4,14H,6,13H2. The maximum absolute atomic E-state index is 8.84. The molecular weight excluding hydrogens is 218 g/mol. The molecule has 0 spiro atoms. The minimum absolute atomic E-state index is 0.332. The number of nitrogens with zero attached hydrogens (tertiary/aromatic N) is 3. The van der Waals surface area contributed by atoms with Crippen molar-refractivity contribution in [3.63, 3.8) is 0 Å². The summed E-state index contributed by atoms with van der Waals surface area (Å²) >= 11 is 0. The van der Waals surface area contributed by atoms with Gasteiger partial charge in [-0.1, -0.05) is 12.1 Å². The molecule has 0 unspecified atom stereocenters. The summed E-state index contributed by atoms with van der Waals surface area (Å²) in [7, 11) is 0. The van der Waals surface area contributed by atoms with E-state index in [4.69, 9.17) is 15.4 Å². The summed E-state index contributed by atoms with van der Waals surface area (Å²) in [5.41, 5.74) is 10.7. The van der Waals surface area contributed by atoms with Gasteiger partial charge in [0, 0.05) is 0 Å². The van der Waals surface area contributed by atoms with Crippen molar-refractivity contribution in [2.75, 3.05) is 11.6 Å². The summed E-state index contributed by atoms with van der Waals surface area (Å²) in [5, 5.41) is 10.3. The van der Waals surface area contributed by atoms with Crippen LogP contribution in [-0.2, 0) is 0 Å². The third kappa shape index (κ3) is 1.41. The first-order valence-electron chi connectivity index (χ1n) is 5.07. The van der Waals surface area contributed by atoms with Gasteiger partial charge in [-0.15, -0.1) is 0 Å². The van der Waals surface area contributed by atoms with Crippen LogP contribution in [0.4, 0.5) is 6.01 Å². The second-order valence-electron chi connectivity index (χ2n) is 3.61. The van der Waals surface area contributed by atoms with Crippen LogP contribution in [0.5, 0.6) is 0 Å². The maximum atomic E-state index is 8.84. The van der Waals surface area contributed by atoms with Crippen molar-refractivity contribution in [3.05, 3.63) is 35.7 Å². The lowest BCUT2D eigenvalue weighted by Crippen LogP contribution is -2.34. The normalized spacial score (nSPS) is 15.6. The summed E-state index contributed by atoms with van der Waals surface area (Å²) in [6.07, 6.45) is 0. The fourth-order valence-electron chi connectivity index (χ4n) is 1.69. The molecule has 0 atom stereocenters. The molecule has 1 aromatic carbocycles. The van der Waals surface area contributed by atoms with E-state index in [0.717, 1.165) is 5.52 Å². The van der Waals surface area contributed by atoms with Crippen LogP contribution in [0, 0.1) is 11.3 Å². The number of oxazole rings is 1. The van der Waals surface area contributed by atoms with Crippen molar-refractivity contribution >= 4 is 17.1 Å². The lowest BCUT2D eigenvalue weighted by atomic mass is 10.3. The number of anilines is 1. The number of rotatable bonds is 1. The number of hydrogen-bond acceptors (Lipinski definition) is 6. The quantitative estimate of drug-likeness (QED) is 0.750. The number of hydrazine groups is 1. The van der Waals surface area contributed by atoms with Crippen molar-refractivity contribution < 1.29 is 4.42 Å². The number of nitrogens with two attached hydrogens (primary N) is 1. The summed E-state index contributed by atoms with van der Waals surface area (Å²) in [5.74, 6) is 0.332. The highest BCUT2D eigenvalue weighted by Crippen LogP contribution is 2.24. The molecule has 84 valence electrons. The van der Waals surface area contributed by atoms with Crippen molar-refractivity contribution in [2.45, 2.75) is 0 Å². The zero-order valence-electron chi connectivity index (χ0n) is 8.84. The number of hydrogen-bond donors (Lipinski definition) is 2. The van der Waals surface area contributed by atoms with Crippen LogP contribution < -0.4 is 16.2 Å². The Balaban J connectivity index is 2.06. The largest absolute Gasteiger partial charge is 0.422 e. The molecule has 6 nitrogen and oxygen atoms in total. The van der Waals surface area contributed by atoms with Gasteiger partial charge in [0.15, 0.2) is 5.58 Å². The zero-order valence-corrected chi connectivity index (χ0v) is 8.84. The smallest absolute Gasteiger partial charge is 0.319 e. The van der Waals surface area contributed by atoms with E-state index in [0.29, 0.717) is 29.5 Å². The van der Waals surface area contributed by atoms with Gasteiger partial charge in [0.25, 0.3) is 0 Å². The van der Waals surface area contributed by atoms with E-state index < -0.39 is 0 Å². The fraction of sp³-hybridized carbons (Fsp3) is 0.0909. The Labute approximate surface area is 96.9 Å². The highest BCUT2D eigenvalue weighted by atomic mass is 16.4. The van der Waals surface area contributed by atoms with E-state index >= 15 is 0 Å². The summed E-state index contributed by atoms with van der Waals surface area (Å²) in [6, 6.07) is 9.80. The average Bonchev–Trinajstić information content (AvgIpc) is 2.91. The molecule has 17 heavy (non-hydrogen) atoms. The van der Waals surface area contributed by atoms with Gasteiger partial charge in [-0.3, -0.25) is 0 Å². The molecule has 0 amide bonds. The van der Waals surface area contributed by atoms with Gasteiger partial charge in [-0.05, 0) is 12.1 Å². The van der Waals surface area contributed by atoms with E-state index in [1.807, 2.05) is 30.3 Å². The Bertz CT molecular complexity index is 618. The molecule has 2 aromatic rings. The highest BCUT2D eigenvalue weighted by molar-refractivity contribution is 5.74. The molecule has 0 saturated heterocycles. The molecular formula is C11H9N5O. The first-order valence-corrected chi connectivity index (χ1v) is 5.07. The molecule has 1 aromatic heterocycles. The van der Waals surface area contributed by atoms with Gasteiger partial charge >= 0.3 is 6.01 Å². The molecule has 1 aliphatic rings. The fourth-order valence-corrected chi connectivity index (χ4v) is 1.69. The molecule has 0 saturated carbocycles. The van der Waals surface area contributed by atoms with Crippen molar-refractivity contribution in [2.24, 2.45) is 5.73 Å². The van der Waals surface area contributed by atoms with Gasteiger partial charge in [0.1, 0.15) is 11.3 Å².